The molecular weight excluding hydrogens is 583 g/mol. The predicted molar refractivity (Wildman–Crippen MR) is 172 cm³/mol. The van der Waals surface area contributed by atoms with E-state index in [-0.39, 0.29) is 17.6 Å². The fraction of sp³-hybridized carbons (Fsp3) is 0.303. The first-order valence-corrected chi connectivity index (χ1v) is 14.9. The summed E-state index contributed by atoms with van der Waals surface area (Å²) >= 11 is 6.17. The number of carbonyl (C=O) groups excluding carboxylic acids is 1. The van der Waals surface area contributed by atoms with E-state index in [4.69, 9.17) is 21.1 Å². The van der Waals surface area contributed by atoms with Crippen LogP contribution in [0.15, 0.2) is 66.7 Å². The van der Waals surface area contributed by atoms with Gasteiger partial charge in [-0.1, -0.05) is 41.9 Å². The van der Waals surface area contributed by atoms with Crippen molar-refractivity contribution < 1.29 is 18.7 Å². The number of aromatic nitrogens is 2. The first kappa shape index (κ1) is 31.2. The highest BCUT2D eigenvalue weighted by Gasteiger charge is 2.16. The van der Waals surface area contributed by atoms with Crippen molar-refractivity contribution in [3.63, 3.8) is 0 Å². The fourth-order valence-corrected chi connectivity index (χ4v) is 5.04. The number of nitrogens with zero attached hydrogens (tertiary/aromatic N) is 4. The molecule has 0 unspecified atom stereocenters. The summed E-state index contributed by atoms with van der Waals surface area (Å²) in [6.45, 7) is 9.54. The molecule has 11 heteroatoms. The van der Waals surface area contributed by atoms with Crippen LogP contribution in [0.25, 0.3) is 11.3 Å². The number of piperazine rings is 1. The molecule has 2 heterocycles. The Bertz CT molecular complexity index is 1610. The fourth-order valence-electron chi connectivity index (χ4n) is 4.86. The lowest BCUT2D eigenvalue weighted by Gasteiger charge is -2.32. The molecule has 5 rings (SSSR count). The molecule has 0 radical (unpaired) electrons. The van der Waals surface area contributed by atoms with Crippen LogP contribution in [-0.4, -0.2) is 72.2 Å². The molecule has 1 fully saturated rings. The lowest BCUT2D eigenvalue weighted by atomic mass is 10.0. The monoisotopic (exact) mass is 618 g/mol. The van der Waals surface area contributed by atoms with Gasteiger partial charge in [-0.25, -0.2) is 14.2 Å². The highest BCUT2D eigenvalue weighted by molar-refractivity contribution is 6.33. The van der Waals surface area contributed by atoms with Crippen molar-refractivity contribution in [2.75, 3.05) is 57.0 Å². The van der Waals surface area contributed by atoms with E-state index in [9.17, 15) is 4.79 Å². The number of hydrogen-bond donors (Lipinski definition) is 2. The number of ether oxygens (including phenoxy) is 2. The molecule has 1 aliphatic heterocycles. The van der Waals surface area contributed by atoms with Crippen molar-refractivity contribution in [2.45, 2.75) is 20.3 Å². The Morgan fingerprint density at radius 1 is 1.00 bits per heavy atom. The maximum Gasteiger partial charge on any atom is 0.418 e. The molecule has 1 saturated heterocycles. The number of carbonyl (C=O) groups is 1. The molecule has 1 aromatic heterocycles. The van der Waals surface area contributed by atoms with E-state index < -0.39 is 11.9 Å². The Morgan fingerprint density at radius 2 is 1.80 bits per heavy atom. The minimum Gasteiger partial charge on any atom is -0.490 e. The van der Waals surface area contributed by atoms with E-state index in [0.29, 0.717) is 28.7 Å². The van der Waals surface area contributed by atoms with Crippen molar-refractivity contribution in [2.24, 2.45) is 0 Å². The number of anilines is 3. The average Bonchev–Trinajstić information content (AvgIpc) is 2.99. The normalized spacial score (nSPS) is 13.8. The Balaban J connectivity index is 1.29. The topological polar surface area (TPSA) is 91.8 Å². The van der Waals surface area contributed by atoms with E-state index in [0.717, 1.165) is 55.8 Å². The number of aryl methyl sites for hydroxylation is 1. The third kappa shape index (κ3) is 8.22. The number of benzene rings is 3. The summed E-state index contributed by atoms with van der Waals surface area (Å²) in [5.74, 6) is -0.192. The average molecular weight is 619 g/mol. The molecule has 1 aliphatic rings. The first-order chi connectivity index (χ1) is 21.2. The van der Waals surface area contributed by atoms with Crippen LogP contribution >= 0.6 is 11.6 Å². The zero-order chi connectivity index (χ0) is 31.1. The van der Waals surface area contributed by atoms with Crippen LogP contribution in [0.3, 0.4) is 0 Å². The van der Waals surface area contributed by atoms with Gasteiger partial charge in [-0.2, -0.15) is 4.98 Å². The zero-order valence-electron chi connectivity index (χ0n) is 25.1. The van der Waals surface area contributed by atoms with Gasteiger partial charge >= 0.3 is 6.09 Å². The molecule has 230 valence electrons. The standard InChI is InChI=1S/C33H36ClFN6O3/c1-22-8-6-9-25(23(22)2)29-21-31(44-33(42)38-28-11-5-4-10-26(28)34)39-32(37-29)36-24-12-13-30(27(35)20-24)43-19-7-14-41-17-15-40(3)16-18-41/h4-6,8-13,20-21H,7,14-19H2,1-3H3,(H,38,42)(H,36,37,39). The summed E-state index contributed by atoms with van der Waals surface area (Å²) in [4.78, 5) is 26.5. The maximum atomic E-state index is 15.0. The third-order valence-electron chi connectivity index (χ3n) is 7.55. The summed E-state index contributed by atoms with van der Waals surface area (Å²) in [5, 5.41) is 6.03. The summed E-state index contributed by atoms with van der Waals surface area (Å²) < 4.78 is 26.3. The smallest absolute Gasteiger partial charge is 0.418 e. The van der Waals surface area contributed by atoms with Gasteiger partial charge in [0.1, 0.15) is 0 Å². The molecule has 0 aliphatic carbocycles. The van der Waals surface area contributed by atoms with Crippen LogP contribution < -0.4 is 20.1 Å². The van der Waals surface area contributed by atoms with E-state index in [1.165, 1.54) is 6.07 Å². The maximum absolute atomic E-state index is 15.0. The molecule has 4 aromatic rings. The van der Waals surface area contributed by atoms with Gasteiger partial charge in [0, 0.05) is 56.1 Å². The van der Waals surface area contributed by atoms with Gasteiger partial charge in [0.05, 0.1) is 23.0 Å². The highest BCUT2D eigenvalue weighted by atomic mass is 35.5. The van der Waals surface area contributed by atoms with Gasteiger partial charge < -0.3 is 24.6 Å². The lowest BCUT2D eigenvalue weighted by molar-refractivity contribution is 0.145. The molecule has 1 amide bonds. The van der Waals surface area contributed by atoms with Gasteiger partial charge in [-0.05, 0) is 62.7 Å². The Hall–Kier alpha value is -4.25. The molecule has 3 aromatic carbocycles. The van der Waals surface area contributed by atoms with Gasteiger partial charge in [-0.15, -0.1) is 0 Å². The number of rotatable bonds is 10. The summed E-state index contributed by atoms with van der Waals surface area (Å²) in [6, 6.07) is 18.9. The predicted octanol–water partition coefficient (Wildman–Crippen LogP) is 6.92. The molecular formula is C33H36ClFN6O3. The minimum atomic E-state index is -0.769. The second-order valence-corrected chi connectivity index (χ2v) is 11.2. The molecule has 44 heavy (non-hydrogen) atoms. The second-order valence-electron chi connectivity index (χ2n) is 10.8. The Morgan fingerprint density at radius 3 is 2.57 bits per heavy atom. The van der Waals surface area contributed by atoms with Gasteiger partial charge in [0.25, 0.3) is 0 Å². The van der Waals surface area contributed by atoms with E-state index in [1.54, 1.807) is 42.5 Å². The Kier molecular flexibility index (Phi) is 10.3. The number of nitrogens with one attached hydrogen (secondary N) is 2. The number of likely N-dealkylation sites (N-methyl/N-ethyl adjacent to an activating group) is 1. The highest BCUT2D eigenvalue weighted by Crippen LogP contribution is 2.30. The second kappa shape index (κ2) is 14.5. The van der Waals surface area contributed by atoms with Crippen molar-refractivity contribution in [3.05, 3.63) is 88.7 Å². The van der Waals surface area contributed by atoms with E-state index in [2.05, 4.69) is 37.4 Å². The minimum absolute atomic E-state index is 0.00346. The molecule has 0 spiro atoms. The molecule has 0 atom stereocenters. The zero-order valence-corrected chi connectivity index (χ0v) is 25.8. The van der Waals surface area contributed by atoms with Gasteiger partial charge in [0.2, 0.25) is 11.8 Å². The van der Waals surface area contributed by atoms with Crippen LogP contribution in [0.5, 0.6) is 11.6 Å². The van der Waals surface area contributed by atoms with Gasteiger partial charge in [0.15, 0.2) is 11.6 Å². The van der Waals surface area contributed by atoms with Crippen molar-refractivity contribution >= 4 is 35.0 Å². The van der Waals surface area contributed by atoms with E-state index >= 15 is 4.39 Å². The number of amides is 1. The number of para-hydroxylation sites is 1. The molecule has 0 saturated carbocycles. The van der Waals surface area contributed by atoms with Gasteiger partial charge in [-0.3, -0.25) is 5.32 Å². The first-order valence-electron chi connectivity index (χ1n) is 14.5. The Labute approximate surface area is 262 Å². The molecule has 9 nitrogen and oxygen atoms in total. The van der Waals surface area contributed by atoms with Crippen LogP contribution in [0, 0.1) is 19.7 Å². The van der Waals surface area contributed by atoms with Crippen molar-refractivity contribution in [3.8, 4) is 22.9 Å². The summed E-state index contributed by atoms with van der Waals surface area (Å²) in [6.07, 6.45) is 0.0458. The van der Waals surface area contributed by atoms with Crippen molar-refractivity contribution in [1.29, 1.82) is 0 Å². The summed E-state index contributed by atoms with van der Waals surface area (Å²) in [5.41, 5.74) is 4.29. The van der Waals surface area contributed by atoms with E-state index in [1.807, 2.05) is 32.0 Å². The largest absolute Gasteiger partial charge is 0.490 e. The number of hydrogen-bond acceptors (Lipinski definition) is 8. The summed E-state index contributed by atoms with van der Waals surface area (Å²) in [7, 11) is 2.13. The quantitative estimate of drug-likeness (QED) is 0.185. The lowest BCUT2D eigenvalue weighted by Crippen LogP contribution is -2.44. The van der Waals surface area contributed by atoms with Crippen molar-refractivity contribution in [1.82, 2.24) is 19.8 Å². The van der Waals surface area contributed by atoms with Crippen LogP contribution in [-0.2, 0) is 0 Å². The number of halogens is 2. The third-order valence-corrected chi connectivity index (χ3v) is 7.88. The molecule has 2 N–H and O–H groups in total. The molecule has 0 bridgehead atoms. The van der Waals surface area contributed by atoms with Crippen LogP contribution in [0.1, 0.15) is 17.5 Å². The SMILES string of the molecule is Cc1cccc(-c2cc(OC(=O)Nc3ccccc3Cl)nc(Nc3ccc(OCCCN4CCN(C)CC4)c(F)c3)n2)c1C. The van der Waals surface area contributed by atoms with Crippen LogP contribution in [0.2, 0.25) is 5.02 Å². The van der Waals surface area contributed by atoms with Crippen LogP contribution in [0.4, 0.5) is 26.5 Å².